The quantitative estimate of drug-likeness (QED) is 0.329. The number of rotatable bonds is 8. The lowest BCUT2D eigenvalue weighted by atomic mass is 10.1. The van der Waals surface area contributed by atoms with Crippen molar-refractivity contribution in [3.05, 3.63) is 65.5 Å². The summed E-state index contributed by atoms with van der Waals surface area (Å²) in [6.45, 7) is 3.96. The summed E-state index contributed by atoms with van der Waals surface area (Å²) in [6.07, 6.45) is 0. The number of halogens is 2. The van der Waals surface area contributed by atoms with Gasteiger partial charge >= 0.3 is 0 Å². The third-order valence-corrected chi connectivity index (χ3v) is 4.29. The minimum absolute atomic E-state index is 0. The van der Waals surface area contributed by atoms with Gasteiger partial charge in [0.25, 0.3) is 0 Å². The van der Waals surface area contributed by atoms with E-state index >= 15 is 0 Å². The van der Waals surface area contributed by atoms with E-state index in [9.17, 15) is 4.39 Å². The lowest BCUT2D eigenvalue weighted by Gasteiger charge is -2.26. The predicted molar refractivity (Wildman–Crippen MR) is 124 cm³/mol. The van der Waals surface area contributed by atoms with Crippen molar-refractivity contribution in [1.82, 2.24) is 15.5 Å². The van der Waals surface area contributed by atoms with E-state index in [1.165, 1.54) is 12.1 Å². The van der Waals surface area contributed by atoms with Crippen molar-refractivity contribution in [3.63, 3.8) is 0 Å². The molecule has 1 unspecified atom stereocenters. The van der Waals surface area contributed by atoms with Gasteiger partial charge in [0.1, 0.15) is 11.6 Å². The molecule has 0 aliphatic heterocycles. The van der Waals surface area contributed by atoms with Crippen LogP contribution in [0.2, 0.25) is 0 Å². The first-order valence-corrected chi connectivity index (χ1v) is 9.11. The summed E-state index contributed by atoms with van der Waals surface area (Å²) in [7, 11) is 5.68. The largest absolute Gasteiger partial charge is 0.496 e. The normalized spacial score (nSPS) is 12.3. The van der Waals surface area contributed by atoms with Gasteiger partial charge in [-0.2, -0.15) is 0 Å². The number of hydrogen-bond acceptors (Lipinski definition) is 3. The van der Waals surface area contributed by atoms with Crippen LogP contribution in [0.5, 0.6) is 5.75 Å². The second kappa shape index (κ2) is 12.6. The fourth-order valence-corrected chi connectivity index (χ4v) is 2.82. The maximum Gasteiger partial charge on any atom is 0.191 e. The number of benzene rings is 2. The van der Waals surface area contributed by atoms with E-state index in [2.05, 4.69) is 20.5 Å². The molecule has 154 valence electrons. The Balaban J connectivity index is 0.00000392. The van der Waals surface area contributed by atoms with Crippen LogP contribution >= 0.6 is 24.0 Å². The van der Waals surface area contributed by atoms with Crippen LogP contribution in [-0.4, -0.2) is 45.2 Å². The molecule has 0 aromatic heterocycles. The molecule has 0 radical (unpaired) electrons. The zero-order valence-corrected chi connectivity index (χ0v) is 19.2. The van der Waals surface area contributed by atoms with E-state index in [1.807, 2.05) is 57.4 Å². The van der Waals surface area contributed by atoms with Crippen molar-refractivity contribution < 1.29 is 9.13 Å². The molecule has 2 rings (SSSR count). The SMILES string of the molecule is CCNC(=NCc1ccccc1OC)NCC(c1ccc(F)cc1)N(C)C.I. The smallest absolute Gasteiger partial charge is 0.191 e. The molecule has 0 saturated heterocycles. The summed E-state index contributed by atoms with van der Waals surface area (Å²) < 4.78 is 18.6. The minimum atomic E-state index is -0.226. The minimum Gasteiger partial charge on any atom is -0.496 e. The topological polar surface area (TPSA) is 48.9 Å². The van der Waals surface area contributed by atoms with Crippen LogP contribution < -0.4 is 15.4 Å². The Kier molecular flexibility index (Phi) is 10.8. The first-order chi connectivity index (χ1) is 13.0. The molecule has 2 aromatic rings. The van der Waals surface area contributed by atoms with E-state index in [4.69, 9.17) is 4.74 Å². The molecule has 5 nitrogen and oxygen atoms in total. The Hall–Kier alpha value is -1.87. The number of nitrogens with zero attached hydrogens (tertiary/aromatic N) is 2. The fraction of sp³-hybridized carbons (Fsp3) is 0.381. The lowest BCUT2D eigenvalue weighted by molar-refractivity contribution is 0.298. The van der Waals surface area contributed by atoms with E-state index in [0.717, 1.165) is 29.4 Å². The Morgan fingerprint density at radius 3 is 2.39 bits per heavy atom. The van der Waals surface area contributed by atoms with Gasteiger partial charge in [-0.25, -0.2) is 9.38 Å². The number of hydrogen-bond donors (Lipinski definition) is 2. The average Bonchev–Trinajstić information content (AvgIpc) is 2.67. The number of para-hydroxylation sites is 1. The van der Waals surface area contributed by atoms with Gasteiger partial charge in [0, 0.05) is 18.7 Å². The van der Waals surface area contributed by atoms with Crippen molar-refractivity contribution in [2.24, 2.45) is 4.99 Å². The highest BCUT2D eigenvalue weighted by Crippen LogP contribution is 2.19. The molecule has 0 aliphatic rings. The van der Waals surface area contributed by atoms with Gasteiger partial charge in [-0.05, 0) is 44.8 Å². The molecular weight excluding hydrogens is 470 g/mol. The van der Waals surface area contributed by atoms with Crippen LogP contribution in [0.1, 0.15) is 24.1 Å². The molecule has 0 fully saturated rings. The van der Waals surface area contributed by atoms with Gasteiger partial charge in [0.2, 0.25) is 0 Å². The lowest BCUT2D eigenvalue weighted by Crippen LogP contribution is -2.41. The van der Waals surface area contributed by atoms with E-state index in [0.29, 0.717) is 13.1 Å². The van der Waals surface area contributed by atoms with Gasteiger partial charge in [0.15, 0.2) is 5.96 Å². The van der Waals surface area contributed by atoms with Crippen LogP contribution in [0.15, 0.2) is 53.5 Å². The fourth-order valence-electron chi connectivity index (χ4n) is 2.82. The molecular formula is C21H30FIN4O. The molecule has 1 atom stereocenters. The van der Waals surface area contributed by atoms with Crippen molar-refractivity contribution in [1.29, 1.82) is 0 Å². The molecule has 0 spiro atoms. The number of ether oxygens (including phenoxy) is 1. The number of guanidine groups is 1. The molecule has 2 N–H and O–H groups in total. The zero-order chi connectivity index (χ0) is 19.6. The maximum atomic E-state index is 13.2. The van der Waals surface area contributed by atoms with Gasteiger partial charge in [0.05, 0.1) is 19.7 Å². The van der Waals surface area contributed by atoms with Crippen molar-refractivity contribution in [2.75, 3.05) is 34.3 Å². The number of nitrogens with one attached hydrogen (secondary N) is 2. The summed E-state index contributed by atoms with van der Waals surface area (Å²) in [6, 6.07) is 14.6. The monoisotopic (exact) mass is 500 g/mol. The van der Waals surface area contributed by atoms with Crippen molar-refractivity contribution >= 4 is 29.9 Å². The molecule has 2 aromatic carbocycles. The van der Waals surface area contributed by atoms with Crippen molar-refractivity contribution in [2.45, 2.75) is 19.5 Å². The second-order valence-corrected chi connectivity index (χ2v) is 6.42. The molecule has 0 saturated carbocycles. The van der Waals surface area contributed by atoms with Gasteiger partial charge in [-0.15, -0.1) is 24.0 Å². The van der Waals surface area contributed by atoms with Crippen LogP contribution in [0, 0.1) is 5.82 Å². The standard InChI is InChI=1S/C21H29FN4O.HI/c1-5-23-21(24-14-17-8-6-7-9-20(17)27-4)25-15-19(26(2)3)16-10-12-18(22)13-11-16;/h6-13,19H,5,14-15H2,1-4H3,(H2,23,24,25);1H. The van der Waals surface area contributed by atoms with Crippen molar-refractivity contribution in [3.8, 4) is 5.75 Å². The summed E-state index contributed by atoms with van der Waals surface area (Å²) in [4.78, 5) is 6.77. The summed E-state index contributed by atoms with van der Waals surface area (Å²) >= 11 is 0. The highest BCUT2D eigenvalue weighted by atomic mass is 127. The molecule has 0 bridgehead atoms. The first-order valence-electron chi connectivity index (χ1n) is 9.11. The number of likely N-dealkylation sites (N-methyl/N-ethyl adjacent to an activating group) is 1. The zero-order valence-electron chi connectivity index (χ0n) is 16.9. The Morgan fingerprint density at radius 2 is 1.79 bits per heavy atom. The van der Waals surface area contributed by atoms with Gasteiger partial charge in [-0.3, -0.25) is 0 Å². The molecule has 7 heteroatoms. The number of aliphatic imine (C=N–C) groups is 1. The van der Waals surface area contributed by atoms with E-state index in [-0.39, 0.29) is 35.8 Å². The average molecular weight is 500 g/mol. The summed E-state index contributed by atoms with van der Waals surface area (Å²) in [5, 5.41) is 6.65. The highest BCUT2D eigenvalue weighted by molar-refractivity contribution is 14.0. The maximum absolute atomic E-state index is 13.2. The molecule has 0 heterocycles. The van der Waals surface area contributed by atoms with Crippen LogP contribution in [-0.2, 0) is 6.54 Å². The van der Waals surface area contributed by atoms with Gasteiger partial charge in [-0.1, -0.05) is 30.3 Å². The Labute approximate surface area is 184 Å². The Morgan fingerprint density at radius 1 is 1.11 bits per heavy atom. The second-order valence-electron chi connectivity index (χ2n) is 6.42. The van der Waals surface area contributed by atoms with Crippen LogP contribution in [0.4, 0.5) is 4.39 Å². The van der Waals surface area contributed by atoms with Crippen LogP contribution in [0.3, 0.4) is 0 Å². The third kappa shape index (κ3) is 7.27. The molecule has 28 heavy (non-hydrogen) atoms. The summed E-state index contributed by atoms with van der Waals surface area (Å²) in [5.41, 5.74) is 2.08. The van der Waals surface area contributed by atoms with Gasteiger partial charge < -0.3 is 20.3 Å². The molecule has 0 aliphatic carbocycles. The highest BCUT2D eigenvalue weighted by Gasteiger charge is 2.15. The van der Waals surface area contributed by atoms with Crippen LogP contribution in [0.25, 0.3) is 0 Å². The third-order valence-electron chi connectivity index (χ3n) is 4.29. The first kappa shape index (κ1) is 24.2. The number of methoxy groups -OCH3 is 1. The predicted octanol–water partition coefficient (Wildman–Crippen LogP) is 3.81. The van der Waals surface area contributed by atoms with E-state index < -0.39 is 0 Å². The van der Waals surface area contributed by atoms with E-state index in [1.54, 1.807) is 7.11 Å². The summed E-state index contributed by atoms with van der Waals surface area (Å²) in [5.74, 6) is 1.34. The molecule has 0 amide bonds. The Bertz CT molecular complexity index is 737.